The van der Waals surface area contributed by atoms with Gasteiger partial charge in [-0.2, -0.15) is 0 Å². The number of esters is 1. The molecule has 208 valence electrons. The summed E-state index contributed by atoms with van der Waals surface area (Å²) in [6.07, 6.45) is 1.50. The van der Waals surface area contributed by atoms with Gasteiger partial charge in [-0.25, -0.2) is 4.79 Å². The van der Waals surface area contributed by atoms with E-state index in [1.54, 1.807) is 7.11 Å². The van der Waals surface area contributed by atoms with E-state index in [1.807, 2.05) is 31.2 Å². The second kappa shape index (κ2) is 14.3. The Bertz CT molecular complexity index is 1160. The maximum absolute atomic E-state index is 12.6. The summed E-state index contributed by atoms with van der Waals surface area (Å²) in [5.74, 6) is 0.445. The van der Waals surface area contributed by atoms with E-state index in [4.69, 9.17) is 18.6 Å². The molecule has 0 bridgehead atoms. The monoisotopic (exact) mass is 546 g/mol. The van der Waals surface area contributed by atoms with Crippen LogP contribution in [0.1, 0.15) is 46.1 Å². The number of rotatable bonds is 13. The SMILES string of the molecule is COC(=O)/C(COCc1ccc(OC)cc1)=C(/C)CCCO[Si](c1ccccc1)(c1ccccc1)C(C)(C)C. The van der Waals surface area contributed by atoms with Crippen LogP contribution < -0.4 is 15.1 Å². The number of hydrogen-bond acceptors (Lipinski definition) is 5. The van der Waals surface area contributed by atoms with Crippen molar-refractivity contribution in [2.24, 2.45) is 0 Å². The van der Waals surface area contributed by atoms with Crippen molar-refractivity contribution in [2.75, 3.05) is 27.4 Å². The van der Waals surface area contributed by atoms with Crippen LogP contribution >= 0.6 is 0 Å². The second-order valence-corrected chi connectivity index (χ2v) is 15.0. The average molecular weight is 547 g/mol. The van der Waals surface area contributed by atoms with Crippen LogP contribution in [0.4, 0.5) is 0 Å². The molecule has 0 aliphatic heterocycles. The molecule has 0 aliphatic carbocycles. The molecule has 0 radical (unpaired) electrons. The van der Waals surface area contributed by atoms with E-state index in [9.17, 15) is 4.79 Å². The van der Waals surface area contributed by atoms with Gasteiger partial charge in [0.1, 0.15) is 5.75 Å². The van der Waals surface area contributed by atoms with E-state index in [2.05, 4.69) is 81.4 Å². The first-order valence-corrected chi connectivity index (χ1v) is 15.4. The summed E-state index contributed by atoms with van der Waals surface area (Å²) < 4.78 is 23.2. The van der Waals surface area contributed by atoms with Crippen molar-refractivity contribution in [1.29, 1.82) is 0 Å². The smallest absolute Gasteiger partial charge is 0.336 e. The summed E-state index contributed by atoms with van der Waals surface area (Å²) in [6, 6.07) is 29.0. The van der Waals surface area contributed by atoms with Gasteiger partial charge in [-0.1, -0.05) is 99.1 Å². The van der Waals surface area contributed by atoms with Gasteiger partial charge >= 0.3 is 5.97 Å². The lowest BCUT2D eigenvalue weighted by Crippen LogP contribution is -2.66. The molecular weight excluding hydrogens is 504 g/mol. The molecule has 0 saturated carbocycles. The fourth-order valence-corrected chi connectivity index (χ4v) is 9.55. The lowest BCUT2D eigenvalue weighted by molar-refractivity contribution is -0.137. The fraction of sp³-hybridized carbons (Fsp3) is 0.364. The third-order valence-electron chi connectivity index (χ3n) is 7.05. The van der Waals surface area contributed by atoms with E-state index in [0.717, 1.165) is 23.3 Å². The summed E-state index contributed by atoms with van der Waals surface area (Å²) >= 11 is 0. The first-order chi connectivity index (χ1) is 18.7. The highest BCUT2D eigenvalue weighted by Gasteiger charge is 2.49. The van der Waals surface area contributed by atoms with Gasteiger partial charge < -0.3 is 18.6 Å². The van der Waals surface area contributed by atoms with Crippen LogP contribution in [0.25, 0.3) is 0 Å². The molecule has 0 unspecified atom stereocenters. The molecule has 6 heteroatoms. The van der Waals surface area contributed by atoms with Gasteiger partial charge in [-0.3, -0.25) is 0 Å². The molecule has 0 saturated heterocycles. The first-order valence-electron chi connectivity index (χ1n) is 13.5. The zero-order valence-electron chi connectivity index (χ0n) is 24.2. The molecule has 0 spiro atoms. The van der Waals surface area contributed by atoms with E-state index >= 15 is 0 Å². The van der Waals surface area contributed by atoms with Crippen LogP contribution in [0.3, 0.4) is 0 Å². The first kappa shape index (κ1) is 30.3. The van der Waals surface area contributed by atoms with Gasteiger partial charge in [-0.15, -0.1) is 0 Å². The maximum Gasteiger partial charge on any atom is 0.336 e. The molecule has 5 nitrogen and oxygen atoms in total. The summed E-state index contributed by atoms with van der Waals surface area (Å²) in [7, 11) is 0.464. The quantitative estimate of drug-likeness (QED) is 0.113. The van der Waals surface area contributed by atoms with Gasteiger partial charge in [-0.05, 0) is 52.9 Å². The van der Waals surface area contributed by atoms with Crippen molar-refractivity contribution in [3.8, 4) is 5.75 Å². The summed E-state index contributed by atoms with van der Waals surface area (Å²) in [4.78, 5) is 12.6. The van der Waals surface area contributed by atoms with Gasteiger partial charge in [0.25, 0.3) is 8.32 Å². The maximum atomic E-state index is 12.6. The molecule has 0 fully saturated rings. The highest BCUT2D eigenvalue weighted by Crippen LogP contribution is 2.37. The van der Waals surface area contributed by atoms with Crippen molar-refractivity contribution in [2.45, 2.75) is 52.2 Å². The van der Waals surface area contributed by atoms with Gasteiger partial charge in [0.2, 0.25) is 0 Å². The Hall–Kier alpha value is -3.19. The van der Waals surface area contributed by atoms with Crippen LogP contribution in [0.5, 0.6) is 5.75 Å². The summed E-state index contributed by atoms with van der Waals surface area (Å²) in [5.41, 5.74) is 2.54. The molecule has 0 aromatic heterocycles. The lowest BCUT2D eigenvalue weighted by atomic mass is 10.1. The summed E-state index contributed by atoms with van der Waals surface area (Å²) in [5, 5.41) is 2.45. The largest absolute Gasteiger partial charge is 0.497 e. The Morgan fingerprint density at radius 1 is 0.821 bits per heavy atom. The predicted molar refractivity (Wildman–Crippen MR) is 160 cm³/mol. The Balaban J connectivity index is 1.72. The normalized spacial score (nSPS) is 12.6. The molecule has 3 rings (SSSR count). The Kier molecular flexibility index (Phi) is 11.1. The standard InChI is InChI=1S/C33H42O5Si/c1-26(31(32(34)36-6)25-37-24-27-19-21-28(35-5)22-20-27)14-13-23-38-39(33(2,3)4,29-15-9-7-10-16-29)30-17-11-8-12-18-30/h7-12,15-22H,13-14,23-25H2,1-6H3/b31-26-. The summed E-state index contributed by atoms with van der Waals surface area (Å²) in [6.45, 7) is 9.99. The number of ether oxygens (including phenoxy) is 3. The fourth-order valence-electron chi connectivity index (χ4n) is 4.95. The number of allylic oxidation sites excluding steroid dienone is 1. The van der Waals surface area contributed by atoms with Gasteiger partial charge in [0.05, 0.1) is 33.0 Å². The van der Waals surface area contributed by atoms with E-state index in [1.165, 1.54) is 17.5 Å². The minimum absolute atomic E-state index is 0.0763. The lowest BCUT2D eigenvalue weighted by Gasteiger charge is -2.43. The molecule has 3 aromatic carbocycles. The average Bonchev–Trinajstić information content (AvgIpc) is 2.95. The number of hydrogen-bond donors (Lipinski definition) is 0. The molecule has 0 aliphatic rings. The number of carbonyl (C=O) groups excluding carboxylic acids is 1. The van der Waals surface area contributed by atoms with Crippen molar-refractivity contribution >= 4 is 24.7 Å². The minimum Gasteiger partial charge on any atom is -0.497 e. The number of methoxy groups -OCH3 is 2. The Morgan fingerprint density at radius 3 is 1.87 bits per heavy atom. The van der Waals surface area contributed by atoms with E-state index in [-0.39, 0.29) is 17.6 Å². The highest BCUT2D eigenvalue weighted by atomic mass is 28.4. The highest BCUT2D eigenvalue weighted by molar-refractivity contribution is 6.99. The molecule has 0 N–H and O–H groups in total. The molecule has 0 amide bonds. The van der Waals surface area contributed by atoms with Crippen LogP contribution in [-0.2, 0) is 25.3 Å². The van der Waals surface area contributed by atoms with Crippen molar-refractivity contribution < 1.29 is 23.4 Å². The molecule has 0 atom stereocenters. The molecule has 3 aromatic rings. The van der Waals surface area contributed by atoms with Crippen LogP contribution in [0, 0.1) is 0 Å². The Labute approximate surface area is 234 Å². The van der Waals surface area contributed by atoms with Crippen LogP contribution in [-0.4, -0.2) is 41.7 Å². The predicted octanol–water partition coefficient (Wildman–Crippen LogP) is 6.06. The third-order valence-corrected chi connectivity index (χ3v) is 12.1. The third kappa shape index (κ3) is 7.69. The zero-order valence-corrected chi connectivity index (χ0v) is 25.2. The van der Waals surface area contributed by atoms with Gasteiger partial charge in [0.15, 0.2) is 0 Å². The van der Waals surface area contributed by atoms with Crippen LogP contribution in [0.2, 0.25) is 5.04 Å². The van der Waals surface area contributed by atoms with E-state index < -0.39 is 8.32 Å². The molecular formula is C33H42O5Si. The molecule has 39 heavy (non-hydrogen) atoms. The van der Waals surface area contributed by atoms with Crippen molar-refractivity contribution in [3.05, 3.63) is 102 Å². The van der Waals surface area contributed by atoms with Gasteiger partial charge in [0, 0.05) is 6.61 Å². The van der Waals surface area contributed by atoms with Crippen LogP contribution in [0.15, 0.2) is 96.1 Å². The van der Waals surface area contributed by atoms with Crippen molar-refractivity contribution in [1.82, 2.24) is 0 Å². The van der Waals surface area contributed by atoms with Crippen molar-refractivity contribution in [3.63, 3.8) is 0 Å². The number of benzene rings is 3. The molecule has 0 heterocycles. The number of carbonyl (C=O) groups is 1. The van der Waals surface area contributed by atoms with E-state index in [0.29, 0.717) is 25.2 Å². The Morgan fingerprint density at radius 2 is 1.38 bits per heavy atom. The minimum atomic E-state index is -2.58. The topological polar surface area (TPSA) is 54.0 Å². The second-order valence-electron chi connectivity index (χ2n) is 10.7. The zero-order chi connectivity index (χ0) is 28.3.